The molecule has 108 valence electrons. The minimum atomic E-state index is -0.794. The second-order valence-corrected chi connectivity index (χ2v) is 4.47. The molecule has 0 aromatic rings. The number of aliphatic carboxylic acids is 1. The number of aliphatic hydroxyl groups is 3. The first-order chi connectivity index (χ1) is 8.33. The zero-order valence-electron chi connectivity index (χ0n) is 11.7. The van der Waals surface area contributed by atoms with Gasteiger partial charge >= 0.3 is 5.97 Å². The number of hydrogen-bond acceptors (Lipinski definition) is 4. The average molecular weight is 262 g/mol. The van der Waals surface area contributed by atoms with Crippen LogP contribution in [0.15, 0.2) is 11.1 Å². The number of carbonyl (C=O) groups is 1. The van der Waals surface area contributed by atoms with Crippen LogP contribution in [-0.2, 0) is 4.79 Å². The predicted octanol–water partition coefficient (Wildman–Crippen LogP) is 1.18. The highest BCUT2D eigenvalue weighted by molar-refractivity contribution is 5.87. The van der Waals surface area contributed by atoms with E-state index in [2.05, 4.69) is 0 Å². The summed E-state index contributed by atoms with van der Waals surface area (Å²) in [6.07, 6.45) is 1.20. The van der Waals surface area contributed by atoms with Crippen LogP contribution in [0.4, 0.5) is 0 Å². The summed E-state index contributed by atoms with van der Waals surface area (Å²) in [5, 5.41) is 34.5. The van der Waals surface area contributed by atoms with Gasteiger partial charge < -0.3 is 20.4 Å². The second kappa shape index (κ2) is 10.1. The lowest BCUT2D eigenvalue weighted by molar-refractivity contribution is -0.132. The third kappa shape index (κ3) is 6.74. The van der Waals surface area contributed by atoms with Gasteiger partial charge in [0.25, 0.3) is 0 Å². The van der Waals surface area contributed by atoms with Crippen molar-refractivity contribution in [1.29, 1.82) is 0 Å². The van der Waals surface area contributed by atoms with Crippen LogP contribution < -0.4 is 0 Å². The summed E-state index contributed by atoms with van der Waals surface area (Å²) in [5.74, 6) is -0.794. The highest BCUT2D eigenvalue weighted by Gasteiger charge is 2.24. The summed E-state index contributed by atoms with van der Waals surface area (Å²) in [6.45, 7) is 6.82. The third-order valence-electron chi connectivity index (χ3n) is 2.97. The molecule has 0 unspecified atom stereocenters. The summed E-state index contributed by atoms with van der Waals surface area (Å²) in [6, 6.07) is 0. The van der Waals surface area contributed by atoms with Gasteiger partial charge in [-0.2, -0.15) is 0 Å². The quantitative estimate of drug-likeness (QED) is 0.539. The fourth-order valence-electron chi connectivity index (χ4n) is 1.20. The van der Waals surface area contributed by atoms with Gasteiger partial charge in [0.05, 0.1) is 19.8 Å². The second-order valence-electron chi connectivity index (χ2n) is 4.47. The molecule has 0 aliphatic rings. The smallest absolute Gasteiger partial charge is 0.331 e. The Morgan fingerprint density at radius 1 is 1.00 bits per heavy atom. The number of hydrogen-bond donors (Lipinski definition) is 4. The Kier molecular flexibility index (Phi) is 10.9. The van der Waals surface area contributed by atoms with E-state index in [9.17, 15) is 4.79 Å². The lowest BCUT2D eigenvalue weighted by Crippen LogP contribution is -2.32. The maximum atomic E-state index is 10.3. The Labute approximate surface area is 109 Å². The first-order valence-electron chi connectivity index (χ1n) is 6.06. The molecule has 0 fully saturated rings. The molecule has 5 nitrogen and oxygen atoms in total. The van der Waals surface area contributed by atoms with Crippen LogP contribution >= 0.6 is 0 Å². The molecule has 0 atom stereocenters. The fraction of sp³-hybridized carbons (Fsp3) is 0.769. The van der Waals surface area contributed by atoms with Gasteiger partial charge in [0.1, 0.15) is 0 Å². The monoisotopic (exact) mass is 262 g/mol. The van der Waals surface area contributed by atoms with E-state index < -0.39 is 11.4 Å². The largest absolute Gasteiger partial charge is 0.478 e. The first-order valence-corrected chi connectivity index (χ1v) is 6.06. The highest BCUT2D eigenvalue weighted by Crippen LogP contribution is 2.18. The molecule has 0 aliphatic heterocycles. The van der Waals surface area contributed by atoms with Gasteiger partial charge in [-0.1, -0.05) is 19.4 Å². The molecule has 0 bridgehead atoms. The molecule has 0 saturated heterocycles. The van der Waals surface area contributed by atoms with E-state index in [-0.39, 0.29) is 19.8 Å². The van der Waals surface area contributed by atoms with Gasteiger partial charge in [0.15, 0.2) is 0 Å². The summed E-state index contributed by atoms with van der Waals surface area (Å²) in [4.78, 5) is 10.3. The summed E-state index contributed by atoms with van der Waals surface area (Å²) < 4.78 is 0. The summed E-state index contributed by atoms with van der Waals surface area (Å²) in [7, 11) is 0. The number of carboxylic acids is 1. The van der Waals surface area contributed by atoms with Crippen molar-refractivity contribution in [3.05, 3.63) is 11.1 Å². The van der Waals surface area contributed by atoms with Crippen LogP contribution in [0.5, 0.6) is 0 Å². The standard InChI is InChI=1S/C7H12O2.C6H14O3/c1-4-6(5(2)3)7(8)9;1-2-6(3-7,4-8)5-9/h4H2,1-3H3,(H,8,9);7-9H,2-5H2,1H3. The lowest BCUT2D eigenvalue weighted by Gasteiger charge is -2.24. The first kappa shape index (κ1) is 19.4. The van der Waals surface area contributed by atoms with Gasteiger partial charge in [-0.15, -0.1) is 0 Å². The molecular weight excluding hydrogens is 236 g/mol. The molecule has 5 heteroatoms. The SMILES string of the molecule is CCC(C(=O)O)=C(C)C.CCC(CO)(CO)CO. The van der Waals surface area contributed by atoms with Gasteiger partial charge in [0.2, 0.25) is 0 Å². The zero-order valence-corrected chi connectivity index (χ0v) is 11.7. The highest BCUT2D eigenvalue weighted by atomic mass is 16.4. The topological polar surface area (TPSA) is 98.0 Å². The van der Waals surface area contributed by atoms with Gasteiger partial charge in [-0.3, -0.25) is 0 Å². The maximum absolute atomic E-state index is 10.3. The van der Waals surface area contributed by atoms with Crippen molar-refractivity contribution in [2.75, 3.05) is 19.8 Å². The van der Waals surface area contributed by atoms with E-state index in [1.807, 2.05) is 27.7 Å². The van der Waals surface area contributed by atoms with Crippen molar-refractivity contribution in [3.63, 3.8) is 0 Å². The van der Waals surface area contributed by atoms with Crippen molar-refractivity contribution in [1.82, 2.24) is 0 Å². The maximum Gasteiger partial charge on any atom is 0.331 e. The molecule has 0 heterocycles. The Bertz CT molecular complexity index is 245. The molecule has 0 aromatic heterocycles. The molecular formula is C13H26O5. The van der Waals surface area contributed by atoms with Gasteiger partial charge in [0, 0.05) is 11.0 Å². The van der Waals surface area contributed by atoms with E-state index in [1.54, 1.807) is 0 Å². The molecule has 18 heavy (non-hydrogen) atoms. The van der Waals surface area contributed by atoms with E-state index in [1.165, 1.54) is 0 Å². The van der Waals surface area contributed by atoms with Crippen LogP contribution in [0.3, 0.4) is 0 Å². The molecule has 0 aliphatic carbocycles. The number of rotatable bonds is 6. The third-order valence-corrected chi connectivity index (χ3v) is 2.97. The van der Waals surface area contributed by atoms with E-state index in [4.69, 9.17) is 20.4 Å². The molecule has 0 radical (unpaired) electrons. The average Bonchev–Trinajstić information content (AvgIpc) is 2.33. The van der Waals surface area contributed by atoms with Crippen molar-refractivity contribution < 1.29 is 25.2 Å². The van der Waals surface area contributed by atoms with Gasteiger partial charge in [-0.25, -0.2) is 4.79 Å². The van der Waals surface area contributed by atoms with Gasteiger partial charge in [-0.05, 0) is 26.7 Å². The Morgan fingerprint density at radius 3 is 1.39 bits per heavy atom. The van der Waals surface area contributed by atoms with Crippen molar-refractivity contribution in [2.45, 2.75) is 40.5 Å². The lowest BCUT2D eigenvalue weighted by atomic mass is 9.88. The molecule has 4 N–H and O–H groups in total. The molecule has 0 amide bonds. The normalized spacial score (nSPS) is 10.4. The van der Waals surface area contributed by atoms with Crippen LogP contribution in [0, 0.1) is 5.41 Å². The summed E-state index contributed by atoms with van der Waals surface area (Å²) >= 11 is 0. The number of aliphatic hydroxyl groups excluding tert-OH is 3. The number of carboxylic acid groups (broad SMARTS) is 1. The van der Waals surface area contributed by atoms with Crippen LogP contribution in [0.1, 0.15) is 40.5 Å². The fourth-order valence-corrected chi connectivity index (χ4v) is 1.20. The van der Waals surface area contributed by atoms with E-state index >= 15 is 0 Å². The Hall–Kier alpha value is -0.910. The van der Waals surface area contributed by atoms with Crippen LogP contribution in [-0.4, -0.2) is 46.2 Å². The van der Waals surface area contributed by atoms with Crippen molar-refractivity contribution >= 4 is 5.97 Å². The van der Waals surface area contributed by atoms with Crippen molar-refractivity contribution in [2.24, 2.45) is 5.41 Å². The minimum absolute atomic E-state index is 0.156. The molecule has 0 spiro atoms. The van der Waals surface area contributed by atoms with E-state index in [0.717, 1.165) is 5.57 Å². The van der Waals surface area contributed by atoms with Crippen LogP contribution in [0.2, 0.25) is 0 Å². The van der Waals surface area contributed by atoms with Crippen LogP contribution in [0.25, 0.3) is 0 Å². The molecule has 0 saturated carbocycles. The minimum Gasteiger partial charge on any atom is -0.478 e. The predicted molar refractivity (Wildman–Crippen MR) is 70.3 cm³/mol. The summed E-state index contributed by atoms with van der Waals surface area (Å²) in [5.41, 5.74) is 0.750. The molecule has 0 rings (SSSR count). The number of allylic oxidation sites excluding steroid dienone is 1. The van der Waals surface area contributed by atoms with E-state index in [0.29, 0.717) is 18.4 Å². The van der Waals surface area contributed by atoms with Crippen molar-refractivity contribution in [3.8, 4) is 0 Å². The Balaban J connectivity index is 0. The Morgan fingerprint density at radius 2 is 1.39 bits per heavy atom. The molecule has 0 aromatic carbocycles. The zero-order chi connectivity index (χ0) is 14.8.